The van der Waals surface area contributed by atoms with Crippen LogP contribution >= 0.6 is 0 Å². The van der Waals surface area contributed by atoms with Crippen LogP contribution in [0.3, 0.4) is 0 Å². The first-order valence-corrected chi connectivity index (χ1v) is 12.4. The van der Waals surface area contributed by atoms with Crippen LogP contribution in [-0.4, -0.2) is 60.9 Å². The number of carbonyl (C=O) groups excluding carboxylic acids is 1. The third-order valence-corrected chi connectivity index (χ3v) is 7.73. The van der Waals surface area contributed by atoms with Crippen molar-refractivity contribution >= 4 is 21.5 Å². The van der Waals surface area contributed by atoms with E-state index >= 15 is 0 Å². The number of nitro benzene ring substituents is 1. The molecule has 1 aromatic heterocycles. The predicted molar refractivity (Wildman–Crippen MR) is 128 cm³/mol. The van der Waals surface area contributed by atoms with Crippen LogP contribution < -0.4 is 4.74 Å². The minimum absolute atomic E-state index is 0.0647. The van der Waals surface area contributed by atoms with E-state index in [1.807, 2.05) is 11.5 Å². The molecule has 10 nitrogen and oxygen atoms in total. The van der Waals surface area contributed by atoms with Crippen molar-refractivity contribution in [3.05, 3.63) is 81.7 Å². The van der Waals surface area contributed by atoms with E-state index in [2.05, 4.69) is 0 Å². The fourth-order valence-electron chi connectivity index (χ4n) is 4.05. The molecule has 1 aliphatic heterocycles. The number of ether oxygens (including phenoxy) is 2. The number of aromatic nitrogens is 1. The zero-order chi connectivity index (χ0) is 25.2. The molecule has 0 unspecified atom stereocenters. The third kappa shape index (κ3) is 5.11. The smallest absolute Gasteiger partial charge is 0.269 e. The summed E-state index contributed by atoms with van der Waals surface area (Å²) in [5, 5.41) is 10.8. The topological polar surface area (TPSA) is 121 Å². The molecule has 1 saturated heterocycles. The predicted octanol–water partition coefficient (Wildman–Crippen LogP) is 3.28. The van der Waals surface area contributed by atoms with Crippen LogP contribution in [0.15, 0.2) is 59.5 Å². The molecule has 0 N–H and O–H groups in total. The second kappa shape index (κ2) is 9.98. The molecule has 1 fully saturated rings. The highest BCUT2D eigenvalue weighted by Gasteiger charge is 2.27. The molecule has 0 amide bonds. The maximum absolute atomic E-state index is 13.1. The summed E-state index contributed by atoms with van der Waals surface area (Å²) in [7, 11) is -3.66. The molecule has 35 heavy (non-hydrogen) atoms. The highest BCUT2D eigenvalue weighted by atomic mass is 32.2. The van der Waals surface area contributed by atoms with Gasteiger partial charge in [0.1, 0.15) is 5.75 Å². The van der Waals surface area contributed by atoms with E-state index in [0.29, 0.717) is 49.0 Å². The molecule has 3 aromatic rings. The Morgan fingerprint density at radius 1 is 1.09 bits per heavy atom. The van der Waals surface area contributed by atoms with Gasteiger partial charge in [0.2, 0.25) is 15.8 Å². The standard InChI is InChI=1S/C24H25N3O7S/c1-17-14-23(24(28)16-34-21-8-6-19(7-9-21)27(29)30)18(2)26(17)20-4-3-5-22(15-20)35(31,32)25-10-12-33-13-11-25/h3-9,14-15H,10-13,16H2,1-2H3. The molecule has 0 atom stereocenters. The van der Waals surface area contributed by atoms with Gasteiger partial charge in [-0.25, -0.2) is 8.42 Å². The number of benzene rings is 2. The fraction of sp³-hybridized carbons (Fsp3) is 0.292. The lowest BCUT2D eigenvalue weighted by molar-refractivity contribution is -0.384. The van der Waals surface area contributed by atoms with Gasteiger partial charge in [0, 0.05) is 47.9 Å². The molecule has 11 heteroatoms. The molecule has 4 rings (SSSR count). The number of hydrogen-bond donors (Lipinski definition) is 0. The number of morpholine rings is 1. The van der Waals surface area contributed by atoms with Gasteiger partial charge in [-0.3, -0.25) is 14.9 Å². The van der Waals surface area contributed by atoms with Gasteiger partial charge in [-0.15, -0.1) is 0 Å². The summed E-state index contributed by atoms with van der Waals surface area (Å²) in [6, 6.07) is 13.9. The van der Waals surface area contributed by atoms with Gasteiger partial charge in [-0.05, 0) is 50.2 Å². The summed E-state index contributed by atoms with van der Waals surface area (Å²) in [5.41, 5.74) is 2.43. The first kappa shape index (κ1) is 24.6. The van der Waals surface area contributed by atoms with Crippen molar-refractivity contribution in [3.8, 4) is 11.4 Å². The van der Waals surface area contributed by atoms with Gasteiger partial charge in [0.25, 0.3) is 5.69 Å². The lowest BCUT2D eigenvalue weighted by Gasteiger charge is -2.26. The molecule has 2 heterocycles. The van der Waals surface area contributed by atoms with Crippen LogP contribution in [0.4, 0.5) is 5.69 Å². The van der Waals surface area contributed by atoms with E-state index < -0.39 is 14.9 Å². The van der Waals surface area contributed by atoms with Crippen molar-refractivity contribution in [2.24, 2.45) is 0 Å². The zero-order valence-electron chi connectivity index (χ0n) is 19.3. The summed E-state index contributed by atoms with van der Waals surface area (Å²) in [6.07, 6.45) is 0. The van der Waals surface area contributed by atoms with Crippen molar-refractivity contribution in [1.29, 1.82) is 0 Å². The number of aryl methyl sites for hydroxylation is 1. The summed E-state index contributed by atoms with van der Waals surface area (Å²) in [5.74, 6) is 0.0820. The average molecular weight is 500 g/mol. The minimum Gasteiger partial charge on any atom is -0.485 e. The Kier molecular flexibility index (Phi) is 7.01. The minimum atomic E-state index is -3.66. The Morgan fingerprint density at radius 2 is 1.77 bits per heavy atom. The van der Waals surface area contributed by atoms with Crippen LogP contribution in [0, 0.1) is 24.0 Å². The van der Waals surface area contributed by atoms with Crippen LogP contribution in [-0.2, 0) is 14.8 Å². The molecule has 0 spiro atoms. The Hall–Kier alpha value is -3.54. The van der Waals surface area contributed by atoms with Crippen molar-refractivity contribution in [3.63, 3.8) is 0 Å². The first-order valence-electron chi connectivity index (χ1n) is 11.0. The molecule has 0 bridgehead atoms. The lowest BCUT2D eigenvalue weighted by atomic mass is 10.1. The number of ketones is 1. The van der Waals surface area contributed by atoms with Gasteiger partial charge < -0.3 is 14.0 Å². The first-order chi connectivity index (χ1) is 16.7. The van der Waals surface area contributed by atoms with E-state index in [-0.39, 0.29) is 23.0 Å². The summed E-state index contributed by atoms with van der Waals surface area (Å²) < 4.78 is 40.2. The lowest BCUT2D eigenvalue weighted by Crippen LogP contribution is -2.40. The number of nitrogens with zero attached hydrogens (tertiary/aromatic N) is 3. The summed E-state index contributed by atoms with van der Waals surface area (Å²) in [4.78, 5) is 23.3. The van der Waals surface area contributed by atoms with Gasteiger partial charge in [-0.1, -0.05) is 6.07 Å². The molecule has 0 radical (unpaired) electrons. The highest BCUT2D eigenvalue weighted by Crippen LogP contribution is 2.25. The quantitative estimate of drug-likeness (QED) is 0.265. The maximum atomic E-state index is 13.1. The number of rotatable bonds is 8. The van der Waals surface area contributed by atoms with Gasteiger partial charge in [0.15, 0.2) is 6.61 Å². The SMILES string of the molecule is Cc1cc(C(=O)COc2ccc([N+](=O)[O-])cc2)c(C)n1-c1cccc(S(=O)(=O)N2CCOCC2)c1. The Bertz CT molecular complexity index is 1360. The van der Waals surface area contributed by atoms with Crippen molar-refractivity contribution < 1.29 is 27.6 Å². The largest absolute Gasteiger partial charge is 0.485 e. The third-order valence-electron chi connectivity index (χ3n) is 5.83. The number of Topliss-reactive ketones (excluding diaryl/α,β-unsaturated/α-hetero) is 1. The molecular formula is C24H25N3O7S. The second-order valence-corrected chi connectivity index (χ2v) is 10.0. The maximum Gasteiger partial charge on any atom is 0.269 e. The van der Waals surface area contributed by atoms with E-state index in [1.165, 1.54) is 28.6 Å². The van der Waals surface area contributed by atoms with E-state index in [4.69, 9.17) is 9.47 Å². The van der Waals surface area contributed by atoms with Gasteiger partial charge in [0.05, 0.1) is 23.0 Å². The second-order valence-electron chi connectivity index (χ2n) is 8.10. The van der Waals surface area contributed by atoms with Crippen molar-refractivity contribution in [1.82, 2.24) is 8.87 Å². The summed E-state index contributed by atoms with van der Waals surface area (Å²) >= 11 is 0. The number of non-ortho nitro benzene ring substituents is 1. The number of nitro groups is 1. The van der Waals surface area contributed by atoms with Gasteiger partial charge in [-0.2, -0.15) is 4.31 Å². The molecule has 0 saturated carbocycles. The van der Waals surface area contributed by atoms with Crippen LogP contribution in [0.25, 0.3) is 5.69 Å². The van der Waals surface area contributed by atoms with E-state index in [1.54, 1.807) is 37.3 Å². The number of sulfonamides is 1. The number of hydrogen-bond acceptors (Lipinski definition) is 7. The van der Waals surface area contributed by atoms with Crippen molar-refractivity contribution in [2.75, 3.05) is 32.9 Å². The highest BCUT2D eigenvalue weighted by molar-refractivity contribution is 7.89. The number of carbonyl (C=O) groups is 1. The van der Waals surface area contributed by atoms with Crippen LogP contribution in [0.1, 0.15) is 21.7 Å². The fourth-order valence-corrected chi connectivity index (χ4v) is 5.50. The van der Waals surface area contributed by atoms with Gasteiger partial charge >= 0.3 is 0 Å². The Balaban J connectivity index is 1.55. The van der Waals surface area contributed by atoms with E-state index in [9.17, 15) is 23.3 Å². The molecule has 2 aromatic carbocycles. The van der Waals surface area contributed by atoms with E-state index in [0.717, 1.165) is 5.69 Å². The molecule has 1 aliphatic rings. The Labute approximate surface area is 202 Å². The molecule has 0 aliphatic carbocycles. The van der Waals surface area contributed by atoms with Crippen LogP contribution in [0.5, 0.6) is 5.75 Å². The molecular weight excluding hydrogens is 474 g/mol. The Morgan fingerprint density at radius 3 is 2.43 bits per heavy atom. The van der Waals surface area contributed by atoms with Crippen LogP contribution in [0.2, 0.25) is 0 Å². The zero-order valence-corrected chi connectivity index (χ0v) is 20.2. The normalized spacial score (nSPS) is 14.6. The summed E-state index contributed by atoms with van der Waals surface area (Å²) in [6.45, 7) is 4.72. The molecule has 184 valence electrons. The van der Waals surface area contributed by atoms with Crippen molar-refractivity contribution in [2.45, 2.75) is 18.7 Å². The monoisotopic (exact) mass is 499 g/mol. The average Bonchev–Trinajstić information content (AvgIpc) is 3.17.